The molecule has 4 N–H and O–H groups in total. The number of hydrogen-bond donors (Lipinski definition) is 4. The van der Waals surface area contributed by atoms with Crippen molar-refractivity contribution in [2.24, 2.45) is 0 Å². The largest absolute Gasteiger partial charge is 0.507 e. The van der Waals surface area contributed by atoms with Crippen LogP contribution in [0.25, 0.3) is 0 Å². The van der Waals surface area contributed by atoms with Crippen molar-refractivity contribution in [2.45, 2.75) is 103 Å². The third-order valence-electron chi connectivity index (χ3n) is 5.15. The van der Waals surface area contributed by atoms with Gasteiger partial charge in [-0.2, -0.15) is 0 Å². The van der Waals surface area contributed by atoms with E-state index >= 15 is 0 Å². The number of hydrogen-bond acceptors (Lipinski definition) is 4. The van der Waals surface area contributed by atoms with Crippen LogP contribution in [0, 0.1) is 3.57 Å². The molecule has 1 rings (SSSR count). The van der Waals surface area contributed by atoms with Gasteiger partial charge in [-0.3, -0.25) is 0 Å². The topological polar surface area (TPSA) is 132 Å². The maximum atomic E-state index is 11.0. The Morgan fingerprint density at radius 2 is 1.24 bits per heavy atom. The molecule has 0 aliphatic rings. The summed E-state index contributed by atoms with van der Waals surface area (Å²) in [6.07, 6.45) is 23.8. The Bertz CT molecular complexity index is 756. The maximum Gasteiger partial charge on any atom is 0.466 e. The molecule has 0 unspecified atom stereocenters. The summed E-state index contributed by atoms with van der Waals surface area (Å²) >= 11 is -3.58. The van der Waals surface area contributed by atoms with Gasteiger partial charge in [-0.05, 0) is 56.2 Å². The molecule has 0 atom stereocenters. The highest BCUT2D eigenvalue weighted by Gasteiger charge is 2.07. The average molecular weight is 600 g/mol. The van der Waals surface area contributed by atoms with Crippen molar-refractivity contribution in [3.8, 4) is 5.75 Å². The van der Waals surface area contributed by atoms with Crippen molar-refractivity contribution >= 4 is 27.6 Å². The second-order valence-corrected chi connectivity index (χ2v) is 11.6. The standard InChI is InChI=1S/C24H39IO3.H3O4P/c1-2-3-4-5-6-7-8-9-10-11-12-13-14-15-16-17-18-22-19-20-23(25(27)28)24(26)21-22;1-5(2,3)4/h11-12,19-21,26H,2-10,13-18H2,1H3;(H3,1,2,3,4). The molecule has 33 heavy (non-hydrogen) atoms. The van der Waals surface area contributed by atoms with E-state index in [1.807, 2.05) is 6.07 Å². The zero-order valence-electron chi connectivity index (χ0n) is 19.8. The maximum absolute atomic E-state index is 11.0. The second-order valence-electron chi connectivity index (χ2n) is 8.20. The molecule has 0 aliphatic carbocycles. The fourth-order valence-corrected chi connectivity index (χ4v) is 4.50. The summed E-state index contributed by atoms with van der Waals surface area (Å²) in [4.78, 5) is 21.6. The van der Waals surface area contributed by atoms with E-state index in [1.165, 1.54) is 89.5 Å². The Kier molecular flexibility index (Phi) is 20.1. The molecule has 0 bridgehead atoms. The molecule has 0 spiro atoms. The molecule has 0 aliphatic heterocycles. The summed E-state index contributed by atoms with van der Waals surface area (Å²) in [6, 6.07) is 4.96. The predicted octanol–water partition coefficient (Wildman–Crippen LogP) is 7.41. The Morgan fingerprint density at radius 1 is 0.788 bits per heavy atom. The molecule has 0 saturated carbocycles. The zero-order valence-corrected chi connectivity index (χ0v) is 22.9. The average Bonchev–Trinajstić information content (AvgIpc) is 2.72. The monoisotopic (exact) mass is 600 g/mol. The summed E-state index contributed by atoms with van der Waals surface area (Å²) < 4.78 is 31.0. The Morgan fingerprint density at radius 3 is 1.70 bits per heavy atom. The van der Waals surface area contributed by atoms with E-state index in [0.29, 0.717) is 0 Å². The van der Waals surface area contributed by atoms with Crippen LogP contribution in [0.15, 0.2) is 30.4 Å². The number of halogens is 1. The van der Waals surface area contributed by atoms with Crippen LogP contribution in [0.4, 0.5) is 0 Å². The van der Waals surface area contributed by atoms with Crippen molar-refractivity contribution in [3.05, 3.63) is 39.5 Å². The van der Waals surface area contributed by atoms with Crippen molar-refractivity contribution in [1.29, 1.82) is 0 Å². The van der Waals surface area contributed by atoms with Crippen molar-refractivity contribution in [3.63, 3.8) is 0 Å². The SMILES string of the molecule is CCCCCCCCCCC=CCCCCCCc1ccc(I(=O)=O)c(O)c1.O=P(O)(O)O. The van der Waals surface area contributed by atoms with Crippen molar-refractivity contribution in [2.75, 3.05) is 0 Å². The first-order valence-corrected chi connectivity index (χ1v) is 16.4. The summed E-state index contributed by atoms with van der Waals surface area (Å²) in [5.74, 6) is -0.0886. The number of phenols is 1. The van der Waals surface area contributed by atoms with Crippen LogP contribution in [0.5, 0.6) is 5.75 Å². The molecule has 0 aromatic heterocycles. The number of phenolic OH excluding ortho intramolecular Hbond substituents is 1. The smallest absolute Gasteiger partial charge is 0.466 e. The summed E-state index contributed by atoms with van der Waals surface area (Å²) in [6.45, 7) is 2.27. The predicted molar refractivity (Wildman–Crippen MR) is 140 cm³/mol. The minimum atomic E-state index is -4.64. The first-order valence-electron chi connectivity index (χ1n) is 12.0. The number of allylic oxidation sites excluding steroid dienone is 2. The van der Waals surface area contributed by atoms with E-state index < -0.39 is 27.6 Å². The number of benzene rings is 1. The molecule has 0 saturated heterocycles. The molecular weight excluding hydrogens is 558 g/mol. The van der Waals surface area contributed by atoms with Crippen LogP contribution in [0.1, 0.15) is 102 Å². The van der Waals surface area contributed by atoms with Crippen LogP contribution in [-0.2, 0) is 17.1 Å². The Balaban J connectivity index is 0.00000184. The summed E-state index contributed by atoms with van der Waals surface area (Å²) in [5, 5.41) is 9.73. The molecule has 0 fully saturated rings. The number of aryl methyl sites for hydroxylation is 1. The van der Waals surface area contributed by atoms with E-state index in [4.69, 9.17) is 19.2 Å². The fourth-order valence-electron chi connectivity index (χ4n) is 3.42. The minimum Gasteiger partial charge on any atom is -0.507 e. The van der Waals surface area contributed by atoms with E-state index in [-0.39, 0.29) is 9.32 Å². The minimum absolute atomic E-state index is 0.0886. The van der Waals surface area contributed by atoms with Gasteiger partial charge < -0.3 is 19.8 Å². The van der Waals surface area contributed by atoms with E-state index in [0.717, 1.165) is 18.4 Å². The van der Waals surface area contributed by atoms with Gasteiger partial charge >= 0.3 is 27.6 Å². The number of rotatable bonds is 17. The highest BCUT2D eigenvalue weighted by Crippen LogP contribution is 2.28. The first-order chi connectivity index (χ1) is 15.6. The molecule has 1 aromatic rings. The highest BCUT2D eigenvalue weighted by molar-refractivity contribution is 14.2. The molecule has 0 heterocycles. The number of aromatic hydroxyl groups is 1. The van der Waals surface area contributed by atoms with Gasteiger partial charge in [0.05, 0.1) is 0 Å². The normalized spacial score (nSPS) is 11.7. The van der Waals surface area contributed by atoms with Gasteiger partial charge in [-0.25, -0.2) is 10.7 Å². The fraction of sp³-hybridized carbons (Fsp3) is 0.667. The molecular formula is C24H42IO7P. The van der Waals surface area contributed by atoms with Crippen LogP contribution in [-0.4, -0.2) is 19.8 Å². The van der Waals surface area contributed by atoms with Crippen LogP contribution in [0.3, 0.4) is 0 Å². The lowest BCUT2D eigenvalue weighted by Gasteiger charge is -2.03. The molecule has 9 heteroatoms. The van der Waals surface area contributed by atoms with E-state index in [1.54, 1.807) is 6.07 Å². The number of phosphoric acid groups is 1. The van der Waals surface area contributed by atoms with Crippen molar-refractivity contribution in [1.82, 2.24) is 0 Å². The Hall–Kier alpha value is -0.800. The molecule has 1 aromatic carbocycles. The van der Waals surface area contributed by atoms with Gasteiger partial charge in [0, 0.05) is 0 Å². The lowest BCUT2D eigenvalue weighted by Crippen LogP contribution is -1.87. The van der Waals surface area contributed by atoms with Crippen LogP contribution >= 0.6 is 27.6 Å². The second kappa shape index (κ2) is 20.6. The Labute approximate surface area is 206 Å². The lowest BCUT2D eigenvalue weighted by atomic mass is 10.0. The van der Waals surface area contributed by atoms with E-state index in [9.17, 15) is 11.2 Å². The first kappa shape index (κ1) is 32.2. The van der Waals surface area contributed by atoms with Gasteiger partial charge in [0.15, 0.2) is 0 Å². The third kappa shape index (κ3) is 22.7. The lowest BCUT2D eigenvalue weighted by molar-refractivity contribution is 0.275. The molecule has 0 radical (unpaired) electrons. The van der Waals surface area contributed by atoms with Crippen LogP contribution in [0.2, 0.25) is 0 Å². The third-order valence-corrected chi connectivity index (χ3v) is 7.02. The zero-order chi connectivity index (χ0) is 25.0. The van der Waals surface area contributed by atoms with Gasteiger partial charge in [-0.15, -0.1) is 0 Å². The summed E-state index contributed by atoms with van der Waals surface area (Å²) in [5.41, 5.74) is 1.02. The van der Waals surface area contributed by atoms with Gasteiger partial charge in [0.2, 0.25) is 0 Å². The molecule has 0 amide bonds. The van der Waals surface area contributed by atoms with Gasteiger partial charge in [0.1, 0.15) is 9.32 Å². The number of unbranched alkanes of at least 4 members (excludes halogenated alkanes) is 12. The van der Waals surface area contributed by atoms with Gasteiger partial charge in [-0.1, -0.05) is 82.9 Å². The van der Waals surface area contributed by atoms with Crippen molar-refractivity contribution < 1.29 is 30.5 Å². The highest BCUT2D eigenvalue weighted by atomic mass is 127. The van der Waals surface area contributed by atoms with Crippen LogP contribution < -0.4 is 0 Å². The molecule has 7 nitrogen and oxygen atoms in total. The van der Waals surface area contributed by atoms with E-state index in [2.05, 4.69) is 19.1 Å². The van der Waals surface area contributed by atoms with Gasteiger partial charge in [0.25, 0.3) is 0 Å². The summed E-state index contributed by atoms with van der Waals surface area (Å²) in [7, 11) is -4.64. The molecule has 192 valence electrons. The quantitative estimate of drug-likeness (QED) is 0.0634.